The second-order valence-corrected chi connectivity index (χ2v) is 6.35. The number of aliphatic hydroxyl groups is 1. The molecular formula is C12H18N2O5S. The molecule has 1 rings (SSSR count). The third kappa shape index (κ3) is 4.19. The molecule has 7 nitrogen and oxygen atoms in total. The van der Waals surface area contributed by atoms with E-state index < -0.39 is 28.1 Å². The highest BCUT2D eigenvalue weighted by molar-refractivity contribution is 7.89. The second kappa shape index (κ2) is 6.21. The molecule has 2 atom stereocenters. The lowest BCUT2D eigenvalue weighted by atomic mass is 10.2. The maximum Gasteiger partial charge on any atom is 0.337 e. The number of nitrogen functional groups attached to an aromatic ring is 1. The van der Waals surface area contributed by atoms with Crippen LogP contribution in [0.1, 0.15) is 30.6 Å². The van der Waals surface area contributed by atoms with Gasteiger partial charge in [-0.15, -0.1) is 0 Å². The highest BCUT2D eigenvalue weighted by Crippen LogP contribution is 2.19. The maximum atomic E-state index is 12.2. The van der Waals surface area contributed by atoms with Gasteiger partial charge in [0, 0.05) is 11.7 Å². The molecule has 0 aromatic heterocycles. The minimum Gasteiger partial charge on any atom is -0.478 e. The number of rotatable bonds is 6. The van der Waals surface area contributed by atoms with Gasteiger partial charge in [-0.3, -0.25) is 0 Å². The number of hydrogen-bond acceptors (Lipinski definition) is 5. The van der Waals surface area contributed by atoms with Crippen LogP contribution >= 0.6 is 0 Å². The number of hydrogen-bond donors (Lipinski definition) is 4. The van der Waals surface area contributed by atoms with Crippen molar-refractivity contribution in [2.75, 3.05) is 5.73 Å². The molecular weight excluding hydrogens is 284 g/mol. The summed E-state index contributed by atoms with van der Waals surface area (Å²) >= 11 is 0. The maximum absolute atomic E-state index is 12.2. The Kier molecular flexibility index (Phi) is 5.09. The Bertz CT molecular complexity index is 598. The fourth-order valence-corrected chi connectivity index (χ4v) is 3.27. The summed E-state index contributed by atoms with van der Waals surface area (Å²) < 4.78 is 26.7. The van der Waals surface area contributed by atoms with Gasteiger partial charge in [0.15, 0.2) is 0 Å². The van der Waals surface area contributed by atoms with E-state index in [1.165, 1.54) is 13.0 Å². The lowest BCUT2D eigenvalue weighted by Crippen LogP contribution is -2.35. The molecule has 0 saturated heterocycles. The van der Waals surface area contributed by atoms with Gasteiger partial charge in [0.2, 0.25) is 10.0 Å². The van der Waals surface area contributed by atoms with Gasteiger partial charge in [-0.05, 0) is 38.5 Å². The molecule has 20 heavy (non-hydrogen) atoms. The lowest BCUT2D eigenvalue weighted by Gasteiger charge is -2.16. The molecule has 0 amide bonds. The first-order valence-electron chi connectivity index (χ1n) is 5.96. The van der Waals surface area contributed by atoms with E-state index in [1.807, 2.05) is 0 Å². The summed E-state index contributed by atoms with van der Waals surface area (Å²) in [6.07, 6.45) is -0.450. The molecule has 0 radical (unpaired) electrons. The highest BCUT2D eigenvalue weighted by atomic mass is 32.2. The summed E-state index contributed by atoms with van der Waals surface area (Å²) in [7, 11) is -4.00. The Balaban J connectivity index is 3.13. The van der Waals surface area contributed by atoms with Crippen molar-refractivity contribution in [2.45, 2.75) is 37.3 Å². The van der Waals surface area contributed by atoms with Crippen molar-refractivity contribution in [1.82, 2.24) is 4.72 Å². The van der Waals surface area contributed by atoms with Crippen molar-refractivity contribution >= 4 is 21.7 Å². The molecule has 0 aliphatic heterocycles. The smallest absolute Gasteiger partial charge is 0.337 e. The normalized spacial score (nSPS) is 14.8. The van der Waals surface area contributed by atoms with Gasteiger partial charge in [-0.1, -0.05) is 0 Å². The Morgan fingerprint density at radius 1 is 1.40 bits per heavy atom. The average molecular weight is 302 g/mol. The Hall–Kier alpha value is -1.64. The molecule has 5 N–H and O–H groups in total. The average Bonchev–Trinajstić information content (AvgIpc) is 2.26. The summed E-state index contributed by atoms with van der Waals surface area (Å²) in [6, 6.07) is 3.03. The predicted molar refractivity (Wildman–Crippen MR) is 73.9 cm³/mol. The molecule has 0 saturated carbocycles. The molecule has 0 bridgehead atoms. The predicted octanol–water partition coefficient (Wildman–Crippen LogP) is 0.405. The van der Waals surface area contributed by atoms with Crippen molar-refractivity contribution in [2.24, 2.45) is 0 Å². The molecule has 1 aromatic carbocycles. The summed E-state index contributed by atoms with van der Waals surface area (Å²) in [6.45, 7) is 3.12. The molecule has 2 unspecified atom stereocenters. The zero-order chi connectivity index (χ0) is 15.5. The lowest BCUT2D eigenvalue weighted by molar-refractivity contribution is 0.0692. The summed E-state index contributed by atoms with van der Waals surface area (Å²) in [5.74, 6) is -1.37. The molecule has 0 spiro atoms. The van der Waals surface area contributed by atoms with Crippen molar-refractivity contribution < 1.29 is 23.4 Å². The second-order valence-electron chi connectivity index (χ2n) is 4.67. The standard InChI is InChI=1S/C12H18N2O5S/c1-7(5-8(2)15)14-20(18,19)11-4-3-9(13)6-10(11)12(16)17/h3-4,6-8,14-15H,5,13H2,1-2H3,(H,16,17). The van der Waals surface area contributed by atoms with E-state index >= 15 is 0 Å². The number of nitrogens with two attached hydrogens (primary N) is 1. The zero-order valence-electron chi connectivity index (χ0n) is 11.2. The monoisotopic (exact) mass is 302 g/mol. The van der Waals surface area contributed by atoms with E-state index in [9.17, 15) is 18.3 Å². The van der Waals surface area contributed by atoms with Gasteiger partial charge in [0.05, 0.1) is 16.6 Å². The van der Waals surface area contributed by atoms with Crippen LogP contribution in [0.15, 0.2) is 23.1 Å². The third-order valence-corrected chi connectivity index (χ3v) is 4.22. The molecule has 8 heteroatoms. The van der Waals surface area contributed by atoms with E-state index in [4.69, 9.17) is 10.8 Å². The fourth-order valence-electron chi connectivity index (χ4n) is 1.84. The topological polar surface area (TPSA) is 130 Å². The summed E-state index contributed by atoms with van der Waals surface area (Å²) in [5.41, 5.74) is 5.24. The van der Waals surface area contributed by atoms with Crippen LogP contribution in [0, 0.1) is 0 Å². The Labute approximate surface area is 117 Å². The number of carboxylic acid groups (broad SMARTS) is 1. The molecule has 0 heterocycles. The SMILES string of the molecule is CC(O)CC(C)NS(=O)(=O)c1ccc(N)cc1C(=O)O. The first-order chi connectivity index (χ1) is 9.13. The molecule has 0 aliphatic rings. The molecule has 0 fully saturated rings. The van der Waals surface area contributed by atoms with Crippen LogP contribution in [0.2, 0.25) is 0 Å². The zero-order valence-corrected chi connectivity index (χ0v) is 12.0. The van der Waals surface area contributed by atoms with E-state index in [0.717, 1.165) is 12.1 Å². The van der Waals surface area contributed by atoms with Crippen molar-refractivity contribution in [1.29, 1.82) is 0 Å². The number of carboxylic acids is 1. The van der Waals surface area contributed by atoms with Gasteiger partial charge in [-0.2, -0.15) is 0 Å². The number of aromatic carboxylic acids is 1. The van der Waals surface area contributed by atoms with E-state index in [2.05, 4.69) is 4.72 Å². The van der Waals surface area contributed by atoms with Crippen LogP contribution in [0.25, 0.3) is 0 Å². The van der Waals surface area contributed by atoms with Crippen LogP contribution in [0.5, 0.6) is 0 Å². The van der Waals surface area contributed by atoms with Crippen molar-refractivity contribution in [3.63, 3.8) is 0 Å². The molecule has 1 aromatic rings. The number of nitrogens with one attached hydrogen (secondary N) is 1. The number of benzene rings is 1. The molecule has 112 valence electrons. The summed E-state index contributed by atoms with van der Waals surface area (Å²) in [4.78, 5) is 10.7. The number of sulfonamides is 1. The highest BCUT2D eigenvalue weighted by Gasteiger charge is 2.24. The molecule has 0 aliphatic carbocycles. The van der Waals surface area contributed by atoms with Gasteiger partial charge in [0.25, 0.3) is 0 Å². The van der Waals surface area contributed by atoms with Crippen LogP contribution in [0.4, 0.5) is 5.69 Å². The third-order valence-electron chi connectivity index (χ3n) is 2.57. The van der Waals surface area contributed by atoms with Crippen LogP contribution < -0.4 is 10.5 Å². The van der Waals surface area contributed by atoms with E-state index in [1.54, 1.807) is 6.92 Å². The minimum atomic E-state index is -4.00. The van der Waals surface area contributed by atoms with Crippen molar-refractivity contribution in [3.05, 3.63) is 23.8 Å². The fraction of sp³-hybridized carbons (Fsp3) is 0.417. The van der Waals surface area contributed by atoms with E-state index in [0.29, 0.717) is 0 Å². The number of carbonyl (C=O) groups is 1. The van der Waals surface area contributed by atoms with Gasteiger partial charge >= 0.3 is 5.97 Å². The number of aliphatic hydroxyl groups excluding tert-OH is 1. The Morgan fingerprint density at radius 3 is 2.50 bits per heavy atom. The van der Waals surface area contributed by atoms with E-state index in [-0.39, 0.29) is 22.6 Å². The van der Waals surface area contributed by atoms with Gasteiger partial charge in [-0.25, -0.2) is 17.9 Å². The van der Waals surface area contributed by atoms with Gasteiger partial charge < -0.3 is 15.9 Å². The van der Waals surface area contributed by atoms with Crippen LogP contribution in [-0.2, 0) is 10.0 Å². The Morgan fingerprint density at radius 2 is 2.00 bits per heavy atom. The largest absolute Gasteiger partial charge is 0.478 e. The first kappa shape index (κ1) is 16.4. The number of anilines is 1. The van der Waals surface area contributed by atoms with Crippen LogP contribution in [0.3, 0.4) is 0 Å². The quantitative estimate of drug-likeness (QED) is 0.563. The first-order valence-corrected chi connectivity index (χ1v) is 7.45. The van der Waals surface area contributed by atoms with Crippen molar-refractivity contribution in [3.8, 4) is 0 Å². The van der Waals surface area contributed by atoms with Gasteiger partial charge in [0.1, 0.15) is 0 Å². The summed E-state index contributed by atoms with van der Waals surface area (Å²) in [5, 5.41) is 18.3. The minimum absolute atomic E-state index is 0.165. The van der Waals surface area contributed by atoms with Crippen LogP contribution in [-0.4, -0.2) is 36.7 Å².